The molecule has 4 aromatic rings. The molecule has 0 aliphatic rings. The van der Waals surface area contributed by atoms with Crippen molar-refractivity contribution in [1.82, 2.24) is 9.97 Å². The van der Waals surface area contributed by atoms with Gasteiger partial charge in [0, 0.05) is 34.0 Å². The number of aryl methyl sites for hydroxylation is 1. The third kappa shape index (κ3) is 2.91. The number of aromatic nitrogens is 2. The summed E-state index contributed by atoms with van der Waals surface area (Å²) >= 11 is 0. The number of nitrogen functional groups attached to an aromatic ring is 1. The van der Waals surface area contributed by atoms with Crippen molar-refractivity contribution in [3.63, 3.8) is 0 Å². The Labute approximate surface area is 150 Å². The predicted octanol–water partition coefficient (Wildman–Crippen LogP) is 4.33. The van der Waals surface area contributed by atoms with Crippen molar-refractivity contribution in [2.24, 2.45) is 4.99 Å². The van der Waals surface area contributed by atoms with E-state index in [4.69, 9.17) is 10.7 Å². The molecule has 0 amide bonds. The van der Waals surface area contributed by atoms with Crippen LogP contribution in [0.25, 0.3) is 10.9 Å². The van der Waals surface area contributed by atoms with E-state index in [1.807, 2.05) is 61.5 Å². The van der Waals surface area contributed by atoms with E-state index in [1.54, 1.807) is 12.3 Å². The first-order valence-electron chi connectivity index (χ1n) is 8.29. The summed E-state index contributed by atoms with van der Waals surface area (Å²) in [6.07, 6.45) is 1.73. The van der Waals surface area contributed by atoms with Crippen LogP contribution < -0.4 is 5.73 Å². The van der Waals surface area contributed by atoms with Crippen LogP contribution in [-0.4, -0.2) is 20.8 Å². The molecule has 4 rings (SSSR count). The standard InChI is InChI=1S/C21H18N4O/c1-13-11-16(9-10-23-13)24-20(14-5-3-2-4-6-14)19-17-12-15(22)7-8-18(17)25-21(19)26/h2-12,25-26H,22H2,1H3. The van der Waals surface area contributed by atoms with Crippen molar-refractivity contribution < 1.29 is 5.11 Å². The first-order valence-corrected chi connectivity index (χ1v) is 8.29. The van der Waals surface area contributed by atoms with Gasteiger partial charge in [0.2, 0.25) is 0 Å². The van der Waals surface area contributed by atoms with Crippen LogP contribution in [0.1, 0.15) is 16.8 Å². The molecule has 0 unspecified atom stereocenters. The van der Waals surface area contributed by atoms with E-state index in [-0.39, 0.29) is 5.88 Å². The molecule has 0 fully saturated rings. The summed E-state index contributed by atoms with van der Waals surface area (Å²) < 4.78 is 0. The minimum atomic E-state index is 0.0685. The number of fused-ring (bicyclic) bond motifs is 1. The second-order valence-corrected chi connectivity index (χ2v) is 6.14. The van der Waals surface area contributed by atoms with Crippen molar-refractivity contribution in [2.45, 2.75) is 6.92 Å². The number of aliphatic imine (C=N–C) groups is 1. The van der Waals surface area contributed by atoms with Crippen LogP contribution in [0.4, 0.5) is 11.4 Å². The van der Waals surface area contributed by atoms with E-state index in [1.165, 1.54) is 0 Å². The normalized spacial score (nSPS) is 11.8. The molecule has 128 valence electrons. The summed E-state index contributed by atoms with van der Waals surface area (Å²) in [5.41, 5.74) is 11.3. The highest BCUT2D eigenvalue weighted by molar-refractivity contribution is 6.22. The number of aromatic amines is 1. The average Bonchev–Trinajstić information content (AvgIpc) is 2.95. The van der Waals surface area contributed by atoms with E-state index < -0.39 is 0 Å². The van der Waals surface area contributed by atoms with Gasteiger partial charge >= 0.3 is 0 Å². The average molecular weight is 342 g/mol. The topological polar surface area (TPSA) is 87.3 Å². The Bertz CT molecular complexity index is 1110. The molecule has 0 saturated heterocycles. The molecule has 0 aliphatic carbocycles. The van der Waals surface area contributed by atoms with Gasteiger partial charge in [0.25, 0.3) is 0 Å². The van der Waals surface area contributed by atoms with E-state index in [0.29, 0.717) is 17.0 Å². The van der Waals surface area contributed by atoms with E-state index in [2.05, 4.69) is 9.97 Å². The molecule has 0 bridgehead atoms. The van der Waals surface area contributed by atoms with Gasteiger partial charge < -0.3 is 15.8 Å². The number of aromatic hydroxyl groups is 1. The number of nitrogens with zero attached hydrogens (tertiary/aromatic N) is 2. The van der Waals surface area contributed by atoms with Crippen molar-refractivity contribution in [3.05, 3.63) is 83.7 Å². The molecule has 2 aromatic heterocycles. The quantitative estimate of drug-likeness (QED) is 0.382. The summed E-state index contributed by atoms with van der Waals surface area (Å²) in [6, 6.07) is 19.0. The Hall–Kier alpha value is -3.60. The van der Waals surface area contributed by atoms with Gasteiger partial charge in [-0.3, -0.25) is 4.98 Å². The minimum Gasteiger partial charge on any atom is -0.494 e. The zero-order valence-electron chi connectivity index (χ0n) is 14.3. The maximum absolute atomic E-state index is 10.6. The fourth-order valence-electron chi connectivity index (χ4n) is 3.03. The van der Waals surface area contributed by atoms with Gasteiger partial charge in [-0.2, -0.15) is 0 Å². The lowest BCUT2D eigenvalue weighted by molar-refractivity contribution is 0.457. The molecule has 2 aromatic carbocycles. The largest absolute Gasteiger partial charge is 0.494 e. The number of H-pyrrole nitrogens is 1. The Morgan fingerprint density at radius 3 is 2.65 bits per heavy atom. The number of nitrogens with two attached hydrogens (primary N) is 1. The lowest BCUT2D eigenvalue weighted by Crippen LogP contribution is -2.03. The highest BCUT2D eigenvalue weighted by Gasteiger charge is 2.18. The number of hydrogen-bond donors (Lipinski definition) is 3. The first-order chi connectivity index (χ1) is 12.6. The van der Waals surface area contributed by atoms with Crippen LogP contribution >= 0.6 is 0 Å². The number of hydrogen-bond acceptors (Lipinski definition) is 4. The van der Waals surface area contributed by atoms with Gasteiger partial charge in [0.15, 0.2) is 5.88 Å². The third-order valence-corrected chi connectivity index (χ3v) is 4.21. The molecule has 0 atom stereocenters. The maximum atomic E-state index is 10.6. The van der Waals surface area contributed by atoms with E-state index in [9.17, 15) is 5.11 Å². The Morgan fingerprint density at radius 2 is 1.88 bits per heavy atom. The summed E-state index contributed by atoms with van der Waals surface area (Å²) in [7, 11) is 0. The van der Waals surface area contributed by atoms with Crippen molar-refractivity contribution in [2.75, 3.05) is 5.73 Å². The fraction of sp³-hybridized carbons (Fsp3) is 0.0476. The van der Waals surface area contributed by atoms with Gasteiger partial charge in [0.1, 0.15) is 0 Å². The second kappa shape index (κ2) is 6.37. The molecule has 2 heterocycles. The number of benzene rings is 2. The number of pyridine rings is 1. The zero-order valence-corrected chi connectivity index (χ0v) is 14.3. The smallest absolute Gasteiger partial charge is 0.199 e. The molecule has 5 nitrogen and oxygen atoms in total. The first kappa shape index (κ1) is 15.9. The Kier molecular flexibility index (Phi) is 3.89. The van der Waals surface area contributed by atoms with Gasteiger partial charge in [0.05, 0.1) is 17.0 Å². The van der Waals surface area contributed by atoms with Crippen LogP contribution in [0.15, 0.2) is 71.9 Å². The molecular weight excluding hydrogens is 324 g/mol. The van der Waals surface area contributed by atoms with Gasteiger partial charge in [-0.15, -0.1) is 0 Å². The molecule has 0 spiro atoms. The molecule has 5 heteroatoms. The maximum Gasteiger partial charge on any atom is 0.199 e. The monoisotopic (exact) mass is 342 g/mol. The summed E-state index contributed by atoms with van der Waals surface area (Å²) in [5.74, 6) is 0.0685. The van der Waals surface area contributed by atoms with Crippen LogP contribution in [0.2, 0.25) is 0 Å². The van der Waals surface area contributed by atoms with E-state index >= 15 is 0 Å². The SMILES string of the molecule is Cc1cc(N=C(c2ccccc2)c2c(O)[nH]c3ccc(N)cc23)ccn1. The number of nitrogens with one attached hydrogen (secondary N) is 1. The predicted molar refractivity (Wildman–Crippen MR) is 105 cm³/mol. The highest BCUT2D eigenvalue weighted by Crippen LogP contribution is 2.32. The Morgan fingerprint density at radius 1 is 1.08 bits per heavy atom. The van der Waals surface area contributed by atoms with E-state index in [0.717, 1.165) is 27.8 Å². The molecule has 0 aliphatic heterocycles. The molecule has 4 N–H and O–H groups in total. The van der Waals surface area contributed by atoms with Gasteiger partial charge in [-0.25, -0.2) is 4.99 Å². The van der Waals surface area contributed by atoms with Gasteiger partial charge in [-0.1, -0.05) is 30.3 Å². The zero-order chi connectivity index (χ0) is 18.1. The summed E-state index contributed by atoms with van der Waals surface area (Å²) in [6.45, 7) is 1.92. The van der Waals surface area contributed by atoms with Crippen molar-refractivity contribution in [3.8, 4) is 5.88 Å². The van der Waals surface area contributed by atoms with Crippen molar-refractivity contribution >= 4 is 28.0 Å². The highest BCUT2D eigenvalue weighted by atomic mass is 16.3. The van der Waals surface area contributed by atoms with Crippen LogP contribution in [0.3, 0.4) is 0 Å². The molecule has 0 radical (unpaired) electrons. The summed E-state index contributed by atoms with van der Waals surface area (Å²) in [4.78, 5) is 12.1. The van der Waals surface area contributed by atoms with Gasteiger partial charge in [-0.05, 0) is 37.3 Å². The number of rotatable bonds is 3. The second-order valence-electron chi connectivity index (χ2n) is 6.14. The third-order valence-electron chi connectivity index (χ3n) is 4.21. The minimum absolute atomic E-state index is 0.0685. The van der Waals surface area contributed by atoms with Crippen LogP contribution in [-0.2, 0) is 0 Å². The fourth-order valence-corrected chi connectivity index (χ4v) is 3.03. The summed E-state index contributed by atoms with van der Waals surface area (Å²) in [5, 5.41) is 11.4. The van der Waals surface area contributed by atoms with Crippen molar-refractivity contribution in [1.29, 1.82) is 0 Å². The van der Waals surface area contributed by atoms with Crippen LogP contribution in [0, 0.1) is 6.92 Å². The molecule has 0 saturated carbocycles. The molecule has 26 heavy (non-hydrogen) atoms. The lowest BCUT2D eigenvalue weighted by Gasteiger charge is -2.08. The lowest BCUT2D eigenvalue weighted by atomic mass is 10.0. The molecular formula is C21H18N4O. The Balaban J connectivity index is 2.01. The number of anilines is 1. The van der Waals surface area contributed by atoms with Crippen LogP contribution in [0.5, 0.6) is 5.88 Å².